The van der Waals surface area contributed by atoms with Crippen molar-refractivity contribution >= 4 is 5.91 Å². The van der Waals surface area contributed by atoms with Crippen LogP contribution >= 0.6 is 0 Å². The molecule has 0 bridgehead atoms. The van der Waals surface area contributed by atoms with Crippen molar-refractivity contribution in [3.8, 4) is 5.69 Å². The molecule has 0 aliphatic heterocycles. The molecule has 3 aromatic rings. The highest BCUT2D eigenvalue weighted by atomic mass is 19.1. The largest absolute Gasteiger partial charge is 0.394 e. The zero-order chi connectivity index (χ0) is 16.9. The molecule has 0 saturated heterocycles. The van der Waals surface area contributed by atoms with Gasteiger partial charge in [0.15, 0.2) is 5.69 Å². The first-order chi connectivity index (χ1) is 11.7. The third kappa shape index (κ3) is 3.47. The first kappa shape index (κ1) is 15.8. The number of rotatable bonds is 5. The Morgan fingerprint density at radius 1 is 1.17 bits per heavy atom. The Bertz CT molecular complexity index is 818. The topological polar surface area (TPSA) is 80.0 Å². The lowest BCUT2D eigenvalue weighted by Gasteiger charge is -2.15. The lowest BCUT2D eigenvalue weighted by atomic mass is 10.1. The van der Waals surface area contributed by atoms with E-state index in [0.717, 1.165) is 5.56 Å². The predicted molar refractivity (Wildman–Crippen MR) is 85.1 cm³/mol. The van der Waals surface area contributed by atoms with Gasteiger partial charge in [0.25, 0.3) is 5.91 Å². The van der Waals surface area contributed by atoms with Gasteiger partial charge < -0.3 is 10.4 Å². The maximum atomic E-state index is 12.9. The average Bonchev–Trinajstić information content (AvgIpc) is 3.11. The summed E-state index contributed by atoms with van der Waals surface area (Å²) in [5.41, 5.74) is 1.44. The molecule has 0 saturated carbocycles. The second-order valence-electron chi connectivity index (χ2n) is 5.11. The summed E-state index contributed by atoms with van der Waals surface area (Å²) in [6.07, 6.45) is 1.32. The number of carbonyl (C=O) groups excluding carboxylic acids is 1. The van der Waals surface area contributed by atoms with Crippen LogP contribution in [0.5, 0.6) is 0 Å². The zero-order valence-electron chi connectivity index (χ0n) is 12.6. The van der Waals surface area contributed by atoms with Crippen LogP contribution in [0.15, 0.2) is 60.8 Å². The molecule has 0 fully saturated rings. The summed E-state index contributed by atoms with van der Waals surface area (Å²) in [6.45, 7) is -0.234. The number of amides is 1. The maximum absolute atomic E-state index is 12.9. The molecule has 0 aliphatic rings. The molecule has 0 spiro atoms. The van der Waals surface area contributed by atoms with Gasteiger partial charge in [-0.05, 0) is 29.8 Å². The minimum atomic E-state index is -0.533. The monoisotopic (exact) mass is 326 g/mol. The molecule has 2 N–H and O–H groups in total. The molecule has 3 rings (SSSR count). The Morgan fingerprint density at radius 2 is 1.88 bits per heavy atom. The Hall–Kier alpha value is -3.06. The third-order valence-electron chi connectivity index (χ3n) is 3.47. The van der Waals surface area contributed by atoms with E-state index >= 15 is 0 Å². The fraction of sp³-hybridized carbons (Fsp3) is 0.118. The van der Waals surface area contributed by atoms with Crippen molar-refractivity contribution in [1.29, 1.82) is 0 Å². The van der Waals surface area contributed by atoms with Crippen molar-refractivity contribution in [3.63, 3.8) is 0 Å². The van der Waals surface area contributed by atoms with Gasteiger partial charge in [-0.3, -0.25) is 4.79 Å². The molecule has 1 amide bonds. The number of aliphatic hydroxyl groups excluding tert-OH is 1. The van der Waals surface area contributed by atoms with Crippen LogP contribution in [0, 0.1) is 5.82 Å². The molecular formula is C17H15FN4O2. The minimum Gasteiger partial charge on any atom is -0.394 e. The zero-order valence-corrected chi connectivity index (χ0v) is 12.6. The third-order valence-corrected chi connectivity index (χ3v) is 3.47. The quantitative estimate of drug-likeness (QED) is 0.750. The van der Waals surface area contributed by atoms with Gasteiger partial charge in [0.1, 0.15) is 5.82 Å². The summed E-state index contributed by atoms with van der Waals surface area (Å²) in [7, 11) is 0. The molecule has 6 nitrogen and oxygen atoms in total. The van der Waals surface area contributed by atoms with E-state index in [1.807, 2.05) is 30.3 Å². The van der Waals surface area contributed by atoms with Crippen molar-refractivity contribution in [2.24, 2.45) is 0 Å². The van der Waals surface area contributed by atoms with E-state index in [1.165, 1.54) is 35.3 Å². The molecule has 24 heavy (non-hydrogen) atoms. The van der Waals surface area contributed by atoms with Gasteiger partial charge >= 0.3 is 0 Å². The van der Waals surface area contributed by atoms with Gasteiger partial charge in [-0.1, -0.05) is 30.3 Å². The highest BCUT2D eigenvalue weighted by Crippen LogP contribution is 2.13. The SMILES string of the molecule is O=C(NC(CO)c1ccccc1)c1cnn(-c2ccc(F)cc2)n1. The number of aromatic nitrogens is 3. The summed E-state index contributed by atoms with van der Waals surface area (Å²) in [4.78, 5) is 13.5. The maximum Gasteiger partial charge on any atom is 0.274 e. The van der Waals surface area contributed by atoms with Crippen LogP contribution < -0.4 is 5.32 Å². The Labute approximate surface area is 137 Å². The van der Waals surface area contributed by atoms with Crippen molar-refractivity contribution in [3.05, 3.63) is 77.9 Å². The molecule has 1 unspecified atom stereocenters. The normalized spacial score (nSPS) is 11.9. The van der Waals surface area contributed by atoms with E-state index in [9.17, 15) is 14.3 Å². The number of carbonyl (C=O) groups is 1. The van der Waals surface area contributed by atoms with Crippen molar-refractivity contribution in [2.75, 3.05) is 6.61 Å². The number of nitrogens with one attached hydrogen (secondary N) is 1. The van der Waals surface area contributed by atoms with Gasteiger partial charge in [0.2, 0.25) is 0 Å². The molecule has 1 heterocycles. The van der Waals surface area contributed by atoms with Gasteiger partial charge in [0, 0.05) is 0 Å². The number of halogens is 1. The highest BCUT2D eigenvalue weighted by Gasteiger charge is 2.17. The van der Waals surface area contributed by atoms with Crippen LogP contribution in [0.4, 0.5) is 4.39 Å². The van der Waals surface area contributed by atoms with E-state index in [1.54, 1.807) is 0 Å². The molecule has 1 aromatic heterocycles. The van der Waals surface area contributed by atoms with Crippen LogP contribution in [0.2, 0.25) is 0 Å². The molecular weight excluding hydrogens is 311 g/mol. The van der Waals surface area contributed by atoms with Gasteiger partial charge in [-0.2, -0.15) is 9.90 Å². The first-order valence-corrected chi connectivity index (χ1v) is 7.32. The van der Waals surface area contributed by atoms with Crippen molar-refractivity contribution in [2.45, 2.75) is 6.04 Å². The molecule has 122 valence electrons. The predicted octanol–water partition coefficient (Wildman–Crippen LogP) is 1.87. The van der Waals surface area contributed by atoms with E-state index in [0.29, 0.717) is 5.69 Å². The van der Waals surface area contributed by atoms with E-state index in [2.05, 4.69) is 15.5 Å². The summed E-state index contributed by atoms with van der Waals surface area (Å²) >= 11 is 0. The van der Waals surface area contributed by atoms with Crippen LogP contribution in [0.1, 0.15) is 22.1 Å². The highest BCUT2D eigenvalue weighted by molar-refractivity contribution is 5.92. The van der Waals surface area contributed by atoms with Crippen LogP contribution in [0.25, 0.3) is 5.69 Å². The second kappa shape index (κ2) is 7.01. The van der Waals surface area contributed by atoms with Gasteiger partial charge in [-0.15, -0.1) is 5.10 Å². The lowest BCUT2D eigenvalue weighted by Crippen LogP contribution is -2.31. The number of aliphatic hydroxyl groups is 1. The second-order valence-corrected chi connectivity index (χ2v) is 5.11. The Morgan fingerprint density at radius 3 is 2.54 bits per heavy atom. The molecule has 0 aliphatic carbocycles. The van der Waals surface area contributed by atoms with E-state index < -0.39 is 11.9 Å². The fourth-order valence-electron chi connectivity index (χ4n) is 2.22. The standard InChI is InChI=1S/C17H15FN4O2/c18-13-6-8-14(9-7-13)22-19-10-15(21-22)17(24)20-16(11-23)12-4-2-1-3-5-12/h1-10,16,23H,11H2,(H,20,24). The van der Waals surface area contributed by atoms with Gasteiger partial charge in [0.05, 0.1) is 24.5 Å². The Kier molecular flexibility index (Phi) is 4.62. The summed E-state index contributed by atoms with van der Waals surface area (Å²) in [6, 6.07) is 14.2. The number of benzene rings is 2. The summed E-state index contributed by atoms with van der Waals surface area (Å²) in [5.74, 6) is -0.816. The van der Waals surface area contributed by atoms with E-state index in [-0.39, 0.29) is 18.1 Å². The summed E-state index contributed by atoms with van der Waals surface area (Å²) in [5, 5.41) is 20.3. The molecule has 1 atom stereocenters. The number of hydrogen-bond acceptors (Lipinski definition) is 4. The smallest absolute Gasteiger partial charge is 0.274 e. The van der Waals surface area contributed by atoms with E-state index in [4.69, 9.17) is 0 Å². The van der Waals surface area contributed by atoms with Crippen LogP contribution in [0.3, 0.4) is 0 Å². The molecule has 2 aromatic carbocycles. The fourth-order valence-corrected chi connectivity index (χ4v) is 2.22. The summed E-state index contributed by atoms with van der Waals surface area (Å²) < 4.78 is 12.9. The molecule has 7 heteroatoms. The molecule has 0 radical (unpaired) electrons. The first-order valence-electron chi connectivity index (χ1n) is 7.32. The Balaban J connectivity index is 1.75. The number of hydrogen-bond donors (Lipinski definition) is 2. The van der Waals surface area contributed by atoms with Crippen LogP contribution in [-0.4, -0.2) is 32.6 Å². The van der Waals surface area contributed by atoms with Crippen molar-refractivity contribution < 1.29 is 14.3 Å². The van der Waals surface area contributed by atoms with Gasteiger partial charge in [-0.25, -0.2) is 4.39 Å². The van der Waals surface area contributed by atoms with Crippen LogP contribution in [-0.2, 0) is 0 Å². The minimum absolute atomic E-state index is 0.105. The number of nitrogens with zero attached hydrogens (tertiary/aromatic N) is 3. The lowest BCUT2D eigenvalue weighted by molar-refractivity contribution is 0.0910. The van der Waals surface area contributed by atoms with Crippen molar-refractivity contribution in [1.82, 2.24) is 20.3 Å². The average molecular weight is 326 g/mol.